The topological polar surface area (TPSA) is 44.0 Å². The molecule has 3 heteroatoms. The Morgan fingerprint density at radius 3 is 2.35 bits per heavy atom. The highest BCUT2D eigenvalue weighted by molar-refractivity contribution is 5.31. The zero-order chi connectivity index (χ0) is 14.8. The highest BCUT2D eigenvalue weighted by atomic mass is 19.1. The number of benzene rings is 1. The summed E-state index contributed by atoms with van der Waals surface area (Å²) < 4.78 is 13.8. The van der Waals surface area contributed by atoms with Gasteiger partial charge >= 0.3 is 0 Å². The molecule has 20 heavy (non-hydrogen) atoms. The van der Waals surface area contributed by atoms with Crippen molar-refractivity contribution in [3.63, 3.8) is 0 Å². The SMILES string of the molecule is Cc1ccc(C(C)(O)C2(C#N)CCCCCC2)cc1F. The lowest BCUT2D eigenvalue weighted by atomic mass is 9.66. The summed E-state index contributed by atoms with van der Waals surface area (Å²) in [4.78, 5) is 0. The molecule has 0 radical (unpaired) electrons. The summed E-state index contributed by atoms with van der Waals surface area (Å²) in [7, 11) is 0. The molecule has 0 spiro atoms. The van der Waals surface area contributed by atoms with Crippen molar-refractivity contribution in [3.05, 3.63) is 35.1 Å². The van der Waals surface area contributed by atoms with Crippen LogP contribution in [0, 0.1) is 29.5 Å². The van der Waals surface area contributed by atoms with Crippen molar-refractivity contribution in [2.75, 3.05) is 0 Å². The summed E-state index contributed by atoms with van der Waals surface area (Å²) in [6.45, 7) is 3.35. The third-order valence-electron chi connectivity index (χ3n) is 4.84. The smallest absolute Gasteiger partial charge is 0.126 e. The van der Waals surface area contributed by atoms with Crippen LogP contribution in [0.5, 0.6) is 0 Å². The fourth-order valence-electron chi connectivity index (χ4n) is 3.21. The van der Waals surface area contributed by atoms with Gasteiger partial charge in [0.2, 0.25) is 0 Å². The Kier molecular flexibility index (Phi) is 4.15. The first-order chi connectivity index (χ1) is 9.43. The largest absolute Gasteiger partial charge is 0.384 e. The van der Waals surface area contributed by atoms with E-state index >= 15 is 0 Å². The minimum absolute atomic E-state index is 0.329. The van der Waals surface area contributed by atoms with E-state index in [0.717, 1.165) is 25.7 Å². The number of rotatable bonds is 2. The lowest BCUT2D eigenvalue weighted by molar-refractivity contribution is -0.0535. The predicted molar refractivity (Wildman–Crippen MR) is 76.5 cm³/mol. The number of hydrogen-bond donors (Lipinski definition) is 1. The average Bonchev–Trinajstić information content (AvgIpc) is 2.68. The number of aliphatic hydroxyl groups is 1. The van der Waals surface area contributed by atoms with Crippen LogP contribution in [0.25, 0.3) is 0 Å². The van der Waals surface area contributed by atoms with Gasteiger partial charge in [0.25, 0.3) is 0 Å². The van der Waals surface area contributed by atoms with E-state index < -0.39 is 11.0 Å². The van der Waals surface area contributed by atoms with E-state index in [-0.39, 0.29) is 5.82 Å². The zero-order valence-corrected chi connectivity index (χ0v) is 12.2. The Hall–Kier alpha value is -1.40. The van der Waals surface area contributed by atoms with Crippen LogP contribution in [0.3, 0.4) is 0 Å². The van der Waals surface area contributed by atoms with Gasteiger partial charge < -0.3 is 5.11 Å². The molecule has 2 nitrogen and oxygen atoms in total. The normalized spacial score (nSPS) is 21.6. The minimum atomic E-state index is -1.32. The molecule has 2 rings (SSSR count). The molecule has 1 fully saturated rings. The van der Waals surface area contributed by atoms with Gasteiger partial charge in [0.15, 0.2) is 0 Å². The van der Waals surface area contributed by atoms with Gasteiger partial charge in [-0.25, -0.2) is 4.39 Å². The Morgan fingerprint density at radius 2 is 1.85 bits per heavy atom. The quantitative estimate of drug-likeness (QED) is 0.822. The molecule has 0 bridgehead atoms. The Labute approximate surface area is 120 Å². The van der Waals surface area contributed by atoms with Crippen LogP contribution in [0.15, 0.2) is 18.2 Å². The number of hydrogen-bond acceptors (Lipinski definition) is 2. The van der Waals surface area contributed by atoms with E-state index in [1.54, 1.807) is 26.0 Å². The third-order valence-corrected chi connectivity index (χ3v) is 4.84. The Morgan fingerprint density at radius 1 is 1.25 bits per heavy atom. The third kappa shape index (κ3) is 2.45. The maximum atomic E-state index is 13.8. The maximum absolute atomic E-state index is 13.8. The molecule has 1 aliphatic carbocycles. The van der Waals surface area contributed by atoms with E-state index in [9.17, 15) is 14.8 Å². The molecule has 1 N–H and O–H groups in total. The van der Waals surface area contributed by atoms with E-state index in [2.05, 4.69) is 6.07 Å². The highest BCUT2D eigenvalue weighted by Gasteiger charge is 2.48. The molecule has 1 aromatic carbocycles. The maximum Gasteiger partial charge on any atom is 0.126 e. The van der Waals surface area contributed by atoms with E-state index in [0.29, 0.717) is 24.0 Å². The summed E-state index contributed by atoms with van der Waals surface area (Å²) in [5.74, 6) is -0.329. The van der Waals surface area contributed by atoms with Gasteiger partial charge in [-0.1, -0.05) is 37.8 Å². The van der Waals surface area contributed by atoms with Gasteiger partial charge in [0.05, 0.1) is 11.5 Å². The average molecular weight is 275 g/mol. The number of halogens is 1. The summed E-state index contributed by atoms with van der Waals surface area (Å²) in [5.41, 5.74) is -1.08. The Balaban J connectivity index is 2.45. The van der Waals surface area contributed by atoms with Crippen molar-refractivity contribution in [1.82, 2.24) is 0 Å². The van der Waals surface area contributed by atoms with E-state index in [4.69, 9.17) is 0 Å². The van der Waals surface area contributed by atoms with Gasteiger partial charge in [-0.3, -0.25) is 0 Å². The van der Waals surface area contributed by atoms with Crippen molar-refractivity contribution < 1.29 is 9.50 Å². The first-order valence-corrected chi connectivity index (χ1v) is 7.33. The summed E-state index contributed by atoms with van der Waals surface area (Å²) in [6.07, 6.45) is 5.43. The molecule has 1 saturated carbocycles. The molecule has 1 aliphatic rings. The molecule has 1 atom stereocenters. The first-order valence-electron chi connectivity index (χ1n) is 7.33. The van der Waals surface area contributed by atoms with Gasteiger partial charge in [0, 0.05) is 0 Å². The van der Waals surface area contributed by atoms with Crippen LogP contribution >= 0.6 is 0 Å². The van der Waals surface area contributed by atoms with Gasteiger partial charge in [-0.05, 0) is 43.9 Å². The van der Waals surface area contributed by atoms with Crippen molar-refractivity contribution >= 4 is 0 Å². The van der Waals surface area contributed by atoms with Gasteiger partial charge in [-0.15, -0.1) is 0 Å². The number of nitriles is 1. The van der Waals surface area contributed by atoms with Crippen LogP contribution in [0.1, 0.15) is 56.6 Å². The van der Waals surface area contributed by atoms with Crippen LogP contribution in [-0.4, -0.2) is 5.11 Å². The second kappa shape index (κ2) is 5.54. The Bertz CT molecular complexity index is 522. The molecule has 0 saturated heterocycles. The molecule has 0 aromatic heterocycles. The second-order valence-electron chi connectivity index (χ2n) is 6.14. The van der Waals surface area contributed by atoms with Gasteiger partial charge in [-0.2, -0.15) is 5.26 Å². The van der Waals surface area contributed by atoms with Crippen molar-refractivity contribution in [3.8, 4) is 6.07 Å². The molecule has 0 heterocycles. The highest BCUT2D eigenvalue weighted by Crippen LogP contribution is 2.48. The summed E-state index contributed by atoms with van der Waals surface area (Å²) in [5, 5.41) is 20.7. The summed E-state index contributed by atoms with van der Waals surface area (Å²) >= 11 is 0. The van der Waals surface area contributed by atoms with Crippen molar-refractivity contribution in [2.45, 2.75) is 58.0 Å². The van der Waals surface area contributed by atoms with Crippen LogP contribution in [0.2, 0.25) is 0 Å². The van der Waals surface area contributed by atoms with Crippen molar-refractivity contribution in [1.29, 1.82) is 5.26 Å². The predicted octanol–water partition coefficient (Wildman–Crippen LogP) is 4.21. The van der Waals surface area contributed by atoms with Crippen molar-refractivity contribution in [2.24, 2.45) is 5.41 Å². The molecular weight excluding hydrogens is 253 g/mol. The van der Waals surface area contributed by atoms with Crippen LogP contribution < -0.4 is 0 Å². The molecule has 0 amide bonds. The van der Waals surface area contributed by atoms with E-state index in [1.165, 1.54) is 6.07 Å². The number of nitrogens with zero attached hydrogens (tertiary/aromatic N) is 1. The fraction of sp³-hybridized carbons (Fsp3) is 0.588. The zero-order valence-electron chi connectivity index (χ0n) is 12.2. The standard InChI is InChI=1S/C17H22FNO/c1-13-7-8-14(11-15(13)18)16(2,20)17(12-19)9-5-3-4-6-10-17/h7-8,11,20H,3-6,9-10H2,1-2H3. The molecular formula is C17H22FNO. The fourth-order valence-corrected chi connectivity index (χ4v) is 3.21. The van der Waals surface area contributed by atoms with Gasteiger partial charge in [0.1, 0.15) is 11.4 Å². The molecule has 1 aromatic rings. The lowest BCUT2D eigenvalue weighted by Gasteiger charge is -2.40. The van der Waals surface area contributed by atoms with E-state index in [1.807, 2.05) is 0 Å². The summed E-state index contributed by atoms with van der Waals surface area (Å²) in [6, 6.07) is 7.14. The molecule has 0 aliphatic heterocycles. The van der Waals surface area contributed by atoms with Crippen LogP contribution in [-0.2, 0) is 5.60 Å². The minimum Gasteiger partial charge on any atom is -0.384 e. The lowest BCUT2D eigenvalue weighted by Crippen LogP contribution is -2.42. The molecule has 108 valence electrons. The van der Waals surface area contributed by atoms with Crippen LogP contribution in [0.4, 0.5) is 4.39 Å². The molecule has 1 unspecified atom stereocenters. The monoisotopic (exact) mass is 275 g/mol. The number of aryl methyl sites for hydroxylation is 1. The second-order valence-corrected chi connectivity index (χ2v) is 6.14. The first kappa shape index (κ1) is 15.0.